The normalized spacial score (nSPS) is 12.7. The summed E-state index contributed by atoms with van der Waals surface area (Å²) in [5.74, 6) is 0. The van der Waals surface area contributed by atoms with Crippen molar-refractivity contribution in [2.45, 2.75) is 13.3 Å². The zero-order chi connectivity index (χ0) is 18.1. The zero-order valence-corrected chi connectivity index (χ0v) is 15.6. The second-order valence-corrected chi connectivity index (χ2v) is 7.71. The van der Waals surface area contributed by atoms with Crippen molar-refractivity contribution in [1.82, 2.24) is 0 Å². The molecular formula is C26H20N+. The van der Waals surface area contributed by atoms with Crippen LogP contribution in [0.25, 0.3) is 43.6 Å². The predicted octanol–water partition coefficient (Wildman–Crippen LogP) is 5.85. The third kappa shape index (κ3) is 1.86. The SMILES string of the molecule is Cc1c(-c2cccc[n+]2C)cc2c3ccccc3c3cccc4c3c2c1C4. The van der Waals surface area contributed by atoms with Gasteiger partial charge in [0.15, 0.2) is 6.20 Å². The van der Waals surface area contributed by atoms with E-state index in [0.29, 0.717) is 0 Å². The van der Waals surface area contributed by atoms with Gasteiger partial charge in [-0.15, -0.1) is 0 Å². The lowest BCUT2D eigenvalue weighted by Gasteiger charge is -2.14. The van der Waals surface area contributed by atoms with Crippen LogP contribution < -0.4 is 4.57 Å². The van der Waals surface area contributed by atoms with Gasteiger partial charge in [0.05, 0.1) is 0 Å². The first-order valence-corrected chi connectivity index (χ1v) is 9.57. The molecule has 1 aliphatic carbocycles. The molecule has 0 aliphatic heterocycles. The van der Waals surface area contributed by atoms with E-state index in [4.69, 9.17) is 0 Å². The van der Waals surface area contributed by atoms with Gasteiger partial charge in [0.25, 0.3) is 0 Å². The molecule has 1 aliphatic rings. The van der Waals surface area contributed by atoms with E-state index in [-0.39, 0.29) is 0 Å². The first-order valence-electron chi connectivity index (χ1n) is 9.57. The number of benzene rings is 4. The number of rotatable bonds is 1. The van der Waals surface area contributed by atoms with Crippen molar-refractivity contribution in [2.75, 3.05) is 0 Å². The molecule has 6 rings (SSSR count). The Hall–Kier alpha value is -3.19. The first kappa shape index (κ1) is 14.9. The highest BCUT2D eigenvalue weighted by Gasteiger charge is 2.25. The van der Waals surface area contributed by atoms with Gasteiger partial charge in [-0.2, -0.15) is 0 Å². The van der Waals surface area contributed by atoms with Gasteiger partial charge in [-0.05, 0) is 74.5 Å². The number of pyridine rings is 1. The Bertz CT molecular complexity index is 1410. The number of hydrogen-bond acceptors (Lipinski definition) is 0. The molecule has 0 bridgehead atoms. The van der Waals surface area contributed by atoms with E-state index in [0.717, 1.165) is 6.42 Å². The fourth-order valence-electron chi connectivity index (χ4n) is 5.04. The lowest BCUT2D eigenvalue weighted by atomic mass is 9.90. The monoisotopic (exact) mass is 346 g/mol. The van der Waals surface area contributed by atoms with E-state index >= 15 is 0 Å². The number of fused-ring (bicyclic) bond motifs is 3. The van der Waals surface area contributed by atoms with Crippen molar-refractivity contribution >= 4 is 32.3 Å². The second kappa shape index (κ2) is 5.17. The topological polar surface area (TPSA) is 3.88 Å². The number of aryl methyl sites for hydroxylation is 1. The molecule has 0 amide bonds. The summed E-state index contributed by atoms with van der Waals surface area (Å²) >= 11 is 0. The molecule has 0 spiro atoms. The summed E-state index contributed by atoms with van der Waals surface area (Å²) in [5.41, 5.74) is 7.00. The Labute approximate surface area is 158 Å². The molecule has 0 radical (unpaired) electrons. The molecule has 0 unspecified atom stereocenters. The number of nitrogens with zero attached hydrogens (tertiary/aromatic N) is 1. The van der Waals surface area contributed by atoms with E-state index in [1.807, 2.05) is 0 Å². The maximum atomic E-state index is 2.42. The lowest BCUT2D eigenvalue weighted by Crippen LogP contribution is -2.30. The Morgan fingerprint density at radius 3 is 2.30 bits per heavy atom. The van der Waals surface area contributed by atoms with Crippen molar-refractivity contribution in [1.29, 1.82) is 0 Å². The van der Waals surface area contributed by atoms with Crippen LogP contribution in [-0.2, 0) is 13.5 Å². The van der Waals surface area contributed by atoms with Crippen molar-refractivity contribution in [3.8, 4) is 11.3 Å². The summed E-state index contributed by atoms with van der Waals surface area (Å²) in [5, 5.41) is 8.45. The highest BCUT2D eigenvalue weighted by molar-refractivity contribution is 6.29. The molecule has 128 valence electrons. The van der Waals surface area contributed by atoms with Gasteiger partial charge in [-0.3, -0.25) is 0 Å². The lowest BCUT2D eigenvalue weighted by molar-refractivity contribution is -0.660. The van der Waals surface area contributed by atoms with Gasteiger partial charge >= 0.3 is 0 Å². The van der Waals surface area contributed by atoms with Crippen LogP contribution in [0.5, 0.6) is 0 Å². The summed E-state index contributed by atoms with van der Waals surface area (Å²) in [6, 6.07) is 24.6. The fraction of sp³-hybridized carbons (Fsp3) is 0.115. The quantitative estimate of drug-likeness (QED) is 0.260. The Morgan fingerprint density at radius 1 is 0.741 bits per heavy atom. The molecule has 0 saturated heterocycles. The van der Waals surface area contributed by atoms with E-state index in [1.165, 1.54) is 60.3 Å². The third-order valence-corrected chi connectivity index (χ3v) is 6.32. The summed E-state index contributed by atoms with van der Waals surface area (Å²) in [6.45, 7) is 2.30. The zero-order valence-electron chi connectivity index (χ0n) is 15.6. The van der Waals surface area contributed by atoms with Crippen LogP contribution in [0.1, 0.15) is 16.7 Å². The van der Waals surface area contributed by atoms with Crippen LogP contribution in [0.2, 0.25) is 0 Å². The first-order chi connectivity index (χ1) is 13.2. The van der Waals surface area contributed by atoms with Crippen LogP contribution in [0.15, 0.2) is 72.9 Å². The van der Waals surface area contributed by atoms with E-state index in [2.05, 4.69) is 91.5 Å². The fourth-order valence-corrected chi connectivity index (χ4v) is 5.04. The smallest absolute Gasteiger partial charge is 0.201 e. The van der Waals surface area contributed by atoms with Crippen LogP contribution in [0.4, 0.5) is 0 Å². The van der Waals surface area contributed by atoms with Crippen molar-refractivity contribution in [2.24, 2.45) is 7.05 Å². The van der Waals surface area contributed by atoms with Gasteiger partial charge in [0.2, 0.25) is 5.69 Å². The molecule has 4 aromatic carbocycles. The molecule has 1 nitrogen and oxygen atoms in total. The summed E-state index contributed by atoms with van der Waals surface area (Å²) in [7, 11) is 2.13. The van der Waals surface area contributed by atoms with Crippen molar-refractivity contribution < 1.29 is 4.57 Å². The maximum Gasteiger partial charge on any atom is 0.212 e. The molecule has 5 aromatic rings. The van der Waals surface area contributed by atoms with Crippen LogP contribution >= 0.6 is 0 Å². The van der Waals surface area contributed by atoms with E-state index in [1.54, 1.807) is 0 Å². The average Bonchev–Trinajstić information content (AvgIpc) is 3.10. The third-order valence-electron chi connectivity index (χ3n) is 6.32. The molecule has 1 aromatic heterocycles. The minimum atomic E-state index is 1.04. The number of aromatic nitrogens is 1. The molecule has 0 atom stereocenters. The molecule has 0 saturated carbocycles. The van der Waals surface area contributed by atoms with E-state index < -0.39 is 0 Å². The van der Waals surface area contributed by atoms with Crippen LogP contribution in [-0.4, -0.2) is 0 Å². The molecule has 27 heavy (non-hydrogen) atoms. The van der Waals surface area contributed by atoms with Crippen LogP contribution in [0.3, 0.4) is 0 Å². The molecule has 1 heterocycles. The Kier molecular flexibility index (Phi) is 2.86. The molecular weight excluding hydrogens is 326 g/mol. The molecule has 0 N–H and O–H groups in total. The number of hydrogen-bond donors (Lipinski definition) is 0. The minimum absolute atomic E-state index is 1.04. The summed E-state index contributed by atoms with van der Waals surface area (Å²) in [6.07, 6.45) is 3.17. The Morgan fingerprint density at radius 2 is 1.48 bits per heavy atom. The maximum absolute atomic E-state index is 2.42. The van der Waals surface area contributed by atoms with Gasteiger partial charge in [-0.25, -0.2) is 4.57 Å². The van der Waals surface area contributed by atoms with E-state index in [9.17, 15) is 0 Å². The van der Waals surface area contributed by atoms with Crippen molar-refractivity contribution in [3.05, 3.63) is 89.6 Å². The molecule has 1 heteroatoms. The van der Waals surface area contributed by atoms with Gasteiger partial charge in [-0.1, -0.05) is 42.5 Å². The largest absolute Gasteiger partial charge is 0.212 e. The van der Waals surface area contributed by atoms with Gasteiger partial charge < -0.3 is 0 Å². The van der Waals surface area contributed by atoms with Gasteiger partial charge in [0, 0.05) is 17.7 Å². The summed E-state index contributed by atoms with van der Waals surface area (Å²) in [4.78, 5) is 0. The highest BCUT2D eigenvalue weighted by atomic mass is 14.9. The second-order valence-electron chi connectivity index (χ2n) is 7.71. The summed E-state index contributed by atoms with van der Waals surface area (Å²) < 4.78 is 2.23. The van der Waals surface area contributed by atoms with Crippen LogP contribution in [0, 0.1) is 6.92 Å². The Balaban J connectivity index is 1.88. The predicted molar refractivity (Wildman–Crippen MR) is 113 cm³/mol. The minimum Gasteiger partial charge on any atom is -0.201 e. The van der Waals surface area contributed by atoms with Crippen molar-refractivity contribution in [3.63, 3.8) is 0 Å². The van der Waals surface area contributed by atoms with Gasteiger partial charge in [0.1, 0.15) is 7.05 Å². The highest BCUT2D eigenvalue weighted by Crippen LogP contribution is 2.46. The molecule has 0 fully saturated rings. The average molecular weight is 346 g/mol. The standard InChI is InChI=1S/C26H20N/c1-16-21(24-12-5-6-13-27(24)2)15-23-19-10-4-3-9-18(19)20-11-7-8-17-14-22(16)26(23)25(17)20/h3-13,15H,14H2,1-2H3/q+1.